The Morgan fingerprint density at radius 1 is 1.27 bits per heavy atom. The molecule has 0 aliphatic carbocycles. The van der Waals surface area contributed by atoms with Crippen LogP contribution < -0.4 is 10.5 Å². The number of ether oxygens (including phenoxy) is 1. The Balaban J connectivity index is 0.00000196. The number of methoxy groups -OCH3 is 1. The van der Waals surface area contributed by atoms with Gasteiger partial charge in [-0.05, 0) is 23.6 Å². The van der Waals surface area contributed by atoms with E-state index in [1.807, 2.05) is 24.3 Å². The lowest BCUT2D eigenvalue weighted by atomic mass is 9.93. The molecule has 0 amide bonds. The summed E-state index contributed by atoms with van der Waals surface area (Å²) in [7, 11) is 1.67. The van der Waals surface area contributed by atoms with Gasteiger partial charge in [0.25, 0.3) is 0 Å². The van der Waals surface area contributed by atoms with Crippen LogP contribution in [0.1, 0.15) is 31.9 Å². The van der Waals surface area contributed by atoms with Crippen LogP contribution in [0.5, 0.6) is 5.75 Å². The van der Waals surface area contributed by atoms with Crippen molar-refractivity contribution >= 4 is 12.4 Å². The van der Waals surface area contributed by atoms with Crippen LogP contribution in [0.2, 0.25) is 0 Å². The van der Waals surface area contributed by atoms with Crippen molar-refractivity contribution in [1.82, 2.24) is 0 Å². The van der Waals surface area contributed by atoms with Crippen LogP contribution in [0.15, 0.2) is 24.3 Å². The van der Waals surface area contributed by atoms with Crippen molar-refractivity contribution in [2.24, 2.45) is 11.7 Å². The molecule has 1 aromatic carbocycles. The highest BCUT2D eigenvalue weighted by Gasteiger charge is 2.12. The predicted molar refractivity (Wildman–Crippen MR) is 66.6 cm³/mol. The minimum atomic E-state index is 0. The standard InChI is InChI=1S/C12H19NO.ClH/c1-4-9(2)12(13)10-5-7-11(14-3)8-6-10;/h5-9,12H,4,13H2,1-3H3;1H/t9?,12-;/m0./s1. The second-order valence-corrected chi connectivity index (χ2v) is 3.68. The van der Waals surface area contributed by atoms with E-state index in [9.17, 15) is 0 Å². The van der Waals surface area contributed by atoms with Crippen molar-refractivity contribution < 1.29 is 4.74 Å². The molecule has 0 bridgehead atoms. The number of benzene rings is 1. The molecule has 0 saturated heterocycles. The highest BCUT2D eigenvalue weighted by molar-refractivity contribution is 5.85. The summed E-state index contributed by atoms with van der Waals surface area (Å²) in [5, 5.41) is 0. The van der Waals surface area contributed by atoms with Gasteiger partial charge in [-0.25, -0.2) is 0 Å². The summed E-state index contributed by atoms with van der Waals surface area (Å²) >= 11 is 0. The summed E-state index contributed by atoms with van der Waals surface area (Å²) in [5.74, 6) is 1.40. The Morgan fingerprint density at radius 2 is 1.80 bits per heavy atom. The Labute approximate surface area is 98.2 Å². The Hall–Kier alpha value is -0.730. The molecule has 1 rings (SSSR count). The van der Waals surface area contributed by atoms with Crippen LogP contribution >= 0.6 is 12.4 Å². The smallest absolute Gasteiger partial charge is 0.118 e. The van der Waals surface area contributed by atoms with E-state index < -0.39 is 0 Å². The van der Waals surface area contributed by atoms with Gasteiger partial charge in [0.05, 0.1) is 7.11 Å². The molecule has 0 fully saturated rings. The van der Waals surface area contributed by atoms with Crippen LogP contribution in [0.3, 0.4) is 0 Å². The summed E-state index contributed by atoms with van der Waals surface area (Å²) in [4.78, 5) is 0. The number of rotatable bonds is 4. The molecule has 2 N–H and O–H groups in total. The molecule has 0 aliphatic rings. The van der Waals surface area contributed by atoms with Gasteiger partial charge in [-0.1, -0.05) is 32.4 Å². The van der Waals surface area contributed by atoms with Crippen molar-refractivity contribution in [1.29, 1.82) is 0 Å². The van der Waals surface area contributed by atoms with E-state index in [4.69, 9.17) is 10.5 Å². The summed E-state index contributed by atoms with van der Waals surface area (Å²) < 4.78 is 5.09. The van der Waals surface area contributed by atoms with E-state index >= 15 is 0 Å². The average molecular weight is 230 g/mol. The second-order valence-electron chi connectivity index (χ2n) is 3.68. The molecule has 3 heteroatoms. The molecule has 0 aliphatic heterocycles. The zero-order valence-electron chi connectivity index (χ0n) is 9.57. The monoisotopic (exact) mass is 229 g/mol. The zero-order valence-corrected chi connectivity index (χ0v) is 10.4. The highest BCUT2D eigenvalue weighted by atomic mass is 35.5. The van der Waals surface area contributed by atoms with Gasteiger partial charge in [0.2, 0.25) is 0 Å². The molecular formula is C12H20ClNO. The lowest BCUT2D eigenvalue weighted by molar-refractivity contribution is 0.413. The molecule has 0 heterocycles. The van der Waals surface area contributed by atoms with Crippen molar-refractivity contribution in [2.45, 2.75) is 26.3 Å². The third-order valence-electron chi connectivity index (χ3n) is 2.76. The van der Waals surface area contributed by atoms with Crippen molar-refractivity contribution in [3.8, 4) is 5.75 Å². The number of hydrogen-bond donors (Lipinski definition) is 1. The van der Waals surface area contributed by atoms with Crippen LogP contribution in [0, 0.1) is 5.92 Å². The number of hydrogen-bond acceptors (Lipinski definition) is 2. The maximum atomic E-state index is 6.10. The van der Waals surface area contributed by atoms with Crippen LogP contribution in [-0.4, -0.2) is 7.11 Å². The third kappa shape index (κ3) is 3.73. The number of halogens is 1. The second kappa shape index (κ2) is 6.70. The van der Waals surface area contributed by atoms with Gasteiger partial charge in [0, 0.05) is 6.04 Å². The minimum absolute atomic E-state index is 0. The van der Waals surface area contributed by atoms with E-state index in [0.29, 0.717) is 5.92 Å². The summed E-state index contributed by atoms with van der Waals surface area (Å²) in [6.45, 7) is 4.34. The molecule has 86 valence electrons. The first-order valence-electron chi connectivity index (χ1n) is 5.08. The predicted octanol–water partition coefficient (Wildman–Crippen LogP) is 3.16. The largest absolute Gasteiger partial charge is 0.497 e. The molecular weight excluding hydrogens is 210 g/mol. The van der Waals surface area contributed by atoms with E-state index in [1.165, 1.54) is 5.56 Å². The maximum Gasteiger partial charge on any atom is 0.118 e. The van der Waals surface area contributed by atoms with Gasteiger partial charge in [-0.2, -0.15) is 0 Å². The normalized spacial score (nSPS) is 13.9. The van der Waals surface area contributed by atoms with Crippen molar-refractivity contribution in [2.75, 3.05) is 7.11 Å². The Morgan fingerprint density at radius 3 is 2.20 bits per heavy atom. The van der Waals surface area contributed by atoms with E-state index in [-0.39, 0.29) is 18.4 Å². The lowest BCUT2D eigenvalue weighted by Gasteiger charge is -2.18. The number of nitrogens with two attached hydrogens (primary N) is 1. The summed E-state index contributed by atoms with van der Waals surface area (Å²) in [6, 6.07) is 8.12. The molecule has 1 unspecified atom stereocenters. The lowest BCUT2D eigenvalue weighted by Crippen LogP contribution is -2.18. The van der Waals surface area contributed by atoms with Gasteiger partial charge in [-0.15, -0.1) is 12.4 Å². The van der Waals surface area contributed by atoms with Crippen LogP contribution in [0.25, 0.3) is 0 Å². The maximum absolute atomic E-state index is 6.10. The molecule has 2 nitrogen and oxygen atoms in total. The fraction of sp³-hybridized carbons (Fsp3) is 0.500. The SMILES string of the molecule is CCC(C)[C@H](N)c1ccc(OC)cc1.Cl. The third-order valence-corrected chi connectivity index (χ3v) is 2.76. The van der Waals surface area contributed by atoms with Gasteiger partial charge in [0.15, 0.2) is 0 Å². The quantitative estimate of drug-likeness (QED) is 0.861. The van der Waals surface area contributed by atoms with E-state index in [1.54, 1.807) is 7.11 Å². The summed E-state index contributed by atoms with van der Waals surface area (Å²) in [6.07, 6.45) is 1.10. The first kappa shape index (κ1) is 14.3. The topological polar surface area (TPSA) is 35.2 Å². The molecule has 0 saturated carbocycles. The van der Waals surface area contributed by atoms with Gasteiger partial charge < -0.3 is 10.5 Å². The first-order chi connectivity index (χ1) is 6.69. The first-order valence-corrected chi connectivity index (χ1v) is 5.08. The van der Waals surface area contributed by atoms with Crippen molar-refractivity contribution in [3.05, 3.63) is 29.8 Å². The van der Waals surface area contributed by atoms with Crippen LogP contribution in [0.4, 0.5) is 0 Å². The molecule has 0 radical (unpaired) electrons. The van der Waals surface area contributed by atoms with E-state index in [0.717, 1.165) is 12.2 Å². The van der Waals surface area contributed by atoms with Crippen molar-refractivity contribution in [3.63, 3.8) is 0 Å². The molecule has 0 spiro atoms. The highest BCUT2D eigenvalue weighted by Crippen LogP contribution is 2.23. The van der Waals surface area contributed by atoms with Gasteiger partial charge in [0.1, 0.15) is 5.75 Å². The average Bonchev–Trinajstić information content (AvgIpc) is 2.27. The van der Waals surface area contributed by atoms with E-state index in [2.05, 4.69) is 13.8 Å². The fourth-order valence-electron chi connectivity index (χ4n) is 1.41. The molecule has 15 heavy (non-hydrogen) atoms. The molecule has 1 aromatic rings. The molecule has 2 atom stereocenters. The summed E-state index contributed by atoms with van der Waals surface area (Å²) in [5.41, 5.74) is 7.28. The minimum Gasteiger partial charge on any atom is -0.497 e. The van der Waals surface area contributed by atoms with Gasteiger partial charge in [-0.3, -0.25) is 0 Å². The fourth-order valence-corrected chi connectivity index (χ4v) is 1.41. The molecule has 0 aromatic heterocycles. The Bertz CT molecular complexity index is 273. The zero-order chi connectivity index (χ0) is 10.6. The van der Waals surface area contributed by atoms with Gasteiger partial charge >= 0.3 is 0 Å². The Kier molecular flexibility index (Phi) is 6.37. The van der Waals surface area contributed by atoms with Crippen LogP contribution in [-0.2, 0) is 0 Å².